The van der Waals surface area contributed by atoms with Crippen LogP contribution in [0.3, 0.4) is 0 Å². The number of rotatable bonds is 5. The molecule has 3 N–H and O–H groups in total. The van der Waals surface area contributed by atoms with E-state index in [9.17, 15) is 10.1 Å². The first-order chi connectivity index (χ1) is 15.6. The van der Waals surface area contributed by atoms with Crippen LogP contribution in [0.15, 0.2) is 30.6 Å². The molecule has 32 heavy (non-hydrogen) atoms. The minimum absolute atomic E-state index is 0.218. The molecule has 0 aromatic carbocycles. The van der Waals surface area contributed by atoms with Crippen LogP contribution in [0.25, 0.3) is 11.0 Å². The van der Waals surface area contributed by atoms with Gasteiger partial charge in [-0.2, -0.15) is 5.26 Å². The van der Waals surface area contributed by atoms with Gasteiger partial charge in [0.15, 0.2) is 0 Å². The van der Waals surface area contributed by atoms with Gasteiger partial charge in [0.05, 0.1) is 5.56 Å². The average molecular weight is 432 g/mol. The summed E-state index contributed by atoms with van der Waals surface area (Å²) in [5, 5.41) is 13.8. The van der Waals surface area contributed by atoms with Gasteiger partial charge in [-0.1, -0.05) is 0 Å². The first kappa shape index (κ1) is 20.2. The molecule has 0 atom stereocenters. The van der Waals surface area contributed by atoms with Gasteiger partial charge in [0.2, 0.25) is 5.95 Å². The number of carbonyl (C=O) groups is 1. The fourth-order valence-electron chi connectivity index (χ4n) is 4.48. The van der Waals surface area contributed by atoms with E-state index in [1.165, 1.54) is 6.07 Å². The molecule has 10 nitrogen and oxygen atoms in total. The number of amides is 1. The van der Waals surface area contributed by atoms with E-state index in [0.717, 1.165) is 42.8 Å². The molecule has 0 unspecified atom stereocenters. The molecule has 5 rings (SSSR count). The zero-order valence-corrected chi connectivity index (χ0v) is 17.9. The van der Waals surface area contributed by atoms with E-state index < -0.39 is 5.91 Å². The Bertz CT molecular complexity index is 1200. The third kappa shape index (κ3) is 3.50. The van der Waals surface area contributed by atoms with Gasteiger partial charge in [0.1, 0.15) is 23.2 Å². The van der Waals surface area contributed by atoms with Crippen LogP contribution in [-0.4, -0.2) is 64.7 Å². The molecule has 1 saturated carbocycles. The molecular weight excluding hydrogens is 406 g/mol. The zero-order chi connectivity index (χ0) is 22.2. The molecule has 3 aromatic rings. The quantitative estimate of drug-likeness (QED) is 0.613. The maximum absolute atomic E-state index is 11.4. The molecule has 164 valence electrons. The van der Waals surface area contributed by atoms with Crippen molar-refractivity contribution in [3.63, 3.8) is 0 Å². The fraction of sp³-hybridized carbons (Fsp3) is 0.409. The van der Waals surface area contributed by atoms with E-state index >= 15 is 0 Å². The second-order valence-corrected chi connectivity index (χ2v) is 8.29. The number of hydrogen-bond acceptors (Lipinski definition) is 8. The van der Waals surface area contributed by atoms with E-state index in [4.69, 9.17) is 10.7 Å². The number of nitrogens with zero attached hydrogens (tertiary/aromatic N) is 7. The highest BCUT2D eigenvalue weighted by atomic mass is 16.1. The number of primary amides is 1. The molecule has 2 fully saturated rings. The SMILES string of the molecule is CNC1CC(n2cc(C#N)c3ccc(N4CCN(c5nccc(C(N)=O)n5)CC4)nc32)C1. The summed E-state index contributed by atoms with van der Waals surface area (Å²) in [5.41, 5.74) is 7.10. The Morgan fingerprint density at radius 2 is 1.91 bits per heavy atom. The highest BCUT2D eigenvalue weighted by molar-refractivity contribution is 5.90. The predicted octanol–water partition coefficient (Wildman–Crippen LogP) is 1.05. The first-order valence-electron chi connectivity index (χ1n) is 10.8. The molecule has 1 saturated heterocycles. The van der Waals surface area contributed by atoms with Gasteiger partial charge in [-0.25, -0.2) is 15.0 Å². The predicted molar refractivity (Wildman–Crippen MR) is 121 cm³/mol. The van der Waals surface area contributed by atoms with Crippen molar-refractivity contribution in [3.05, 3.63) is 41.9 Å². The molecule has 1 aliphatic heterocycles. The maximum Gasteiger partial charge on any atom is 0.267 e. The molecule has 0 spiro atoms. The third-order valence-corrected chi connectivity index (χ3v) is 6.48. The van der Waals surface area contributed by atoms with Crippen molar-refractivity contribution in [3.8, 4) is 6.07 Å². The summed E-state index contributed by atoms with van der Waals surface area (Å²) in [6.07, 6.45) is 5.59. The highest BCUT2D eigenvalue weighted by Crippen LogP contribution is 2.36. The summed E-state index contributed by atoms with van der Waals surface area (Å²) < 4.78 is 2.17. The molecule has 2 aliphatic rings. The molecular formula is C22H25N9O. The Morgan fingerprint density at radius 1 is 1.16 bits per heavy atom. The van der Waals surface area contributed by atoms with Crippen LogP contribution >= 0.6 is 0 Å². The number of hydrogen-bond donors (Lipinski definition) is 2. The van der Waals surface area contributed by atoms with Crippen LogP contribution in [0.5, 0.6) is 0 Å². The number of nitrogens with one attached hydrogen (secondary N) is 1. The van der Waals surface area contributed by atoms with Gasteiger partial charge in [0.25, 0.3) is 5.91 Å². The molecule has 10 heteroatoms. The van der Waals surface area contributed by atoms with Crippen LogP contribution in [-0.2, 0) is 0 Å². The summed E-state index contributed by atoms with van der Waals surface area (Å²) in [7, 11) is 1.99. The van der Waals surface area contributed by atoms with Crippen LogP contribution in [0, 0.1) is 11.3 Å². The lowest BCUT2D eigenvalue weighted by Crippen LogP contribution is -2.47. The topological polar surface area (TPSA) is 129 Å². The highest BCUT2D eigenvalue weighted by Gasteiger charge is 2.31. The van der Waals surface area contributed by atoms with Crippen LogP contribution in [0.2, 0.25) is 0 Å². The Kier molecular flexibility index (Phi) is 5.11. The lowest BCUT2D eigenvalue weighted by molar-refractivity contribution is 0.0995. The summed E-state index contributed by atoms with van der Waals surface area (Å²) in [6.45, 7) is 2.91. The number of pyridine rings is 1. The van der Waals surface area contributed by atoms with Crippen molar-refractivity contribution in [1.29, 1.82) is 5.26 Å². The molecule has 0 radical (unpaired) electrons. The van der Waals surface area contributed by atoms with Gasteiger partial charge in [-0.05, 0) is 38.1 Å². The van der Waals surface area contributed by atoms with Gasteiger partial charge < -0.3 is 25.4 Å². The van der Waals surface area contributed by atoms with Crippen LogP contribution < -0.4 is 20.9 Å². The summed E-state index contributed by atoms with van der Waals surface area (Å²) >= 11 is 0. The van der Waals surface area contributed by atoms with Crippen molar-refractivity contribution in [2.24, 2.45) is 5.73 Å². The van der Waals surface area contributed by atoms with E-state index in [1.807, 2.05) is 30.3 Å². The largest absolute Gasteiger partial charge is 0.364 e. The summed E-state index contributed by atoms with van der Waals surface area (Å²) in [4.78, 5) is 29.2. The molecule has 4 heterocycles. The van der Waals surface area contributed by atoms with E-state index in [2.05, 4.69) is 30.8 Å². The second kappa shape index (κ2) is 8.09. The Balaban J connectivity index is 1.35. The minimum atomic E-state index is -0.558. The fourth-order valence-corrected chi connectivity index (χ4v) is 4.48. The first-order valence-corrected chi connectivity index (χ1v) is 10.8. The van der Waals surface area contributed by atoms with Crippen molar-refractivity contribution in [2.45, 2.75) is 24.9 Å². The van der Waals surface area contributed by atoms with Crippen molar-refractivity contribution >= 4 is 28.7 Å². The summed E-state index contributed by atoms with van der Waals surface area (Å²) in [5.74, 6) is 0.857. The number of fused-ring (bicyclic) bond motifs is 1. The number of nitrogens with two attached hydrogens (primary N) is 1. The van der Waals surface area contributed by atoms with Gasteiger partial charge in [0, 0.05) is 56.0 Å². The molecule has 1 aliphatic carbocycles. The smallest absolute Gasteiger partial charge is 0.267 e. The normalized spacial score (nSPS) is 20.8. The second-order valence-electron chi connectivity index (χ2n) is 8.29. The lowest BCUT2D eigenvalue weighted by atomic mass is 9.87. The number of nitriles is 1. The van der Waals surface area contributed by atoms with E-state index in [0.29, 0.717) is 36.7 Å². The number of aromatic nitrogens is 4. The van der Waals surface area contributed by atoms with Gasteiger partial charge >= 0.3 is 0 Å². The molecule has 0 bridgehead atoms. The third-order valence-electron chi connectivity index (χ3n) is 6.48. The standard InChI is InChI=1S/C22H25N9O/c1-25-15-10-16(11-15)31-13-14(12-23)17-2-3-19(28-21(17)31)29-6-8-30(9-7-29)22-26-5-4-18(27-22)20(24)32/h2-5,13,15-16,25H,6-11H2,1H3,(H2,24,32). The zero-order valence-electron chi connectivity index (χ0n) is 17.9. The number of piperazine rings is 1. The van der Waals surface area contributed by atoms with Gasteiger partial charge in [-0.15, -0.1) is 0 Å². The van der Waals surface area contributed by atoms with E-state index in [-0.39, 0.29) is 5.69 Å². The van der Waals surface area contributed by atoms with Crippen LogP contribution in [0.4, 0.5) is 11.8 Å². The van der Waals surface area contributed by atoms with Crippen LogP contribution in [0.1, 0.15) is 34.9 Å². The summed E-state index contributed by atoms with van der Waals surface area (Å²) in [6, 6.07) is 8.72. The number of anilines is 2. The Hall–Kier alpha value is -3.71. The Morgan fingerprint density at radius 3 is 2.59 bits per heavy atom. The van der Waals surface area contributed by atoms with Gasteiger partial charge in [-0.3, -0.25) is 4.79 Å². The maximum atomic E-state index is 11.4. The number of carbonyl (C=O) groups excluding carboxylic acids is 1. The minimum Gasteiger partial charge on any atom is -0.364 e. The van der Waals surface area contributed by atoms with Crippen molar-refractivity contribution < 1.29 is 4.79 Å². The average Bonchev–Trinajstić information content (AvgIpc) is 3.16. The van der Waals surface area contributed by atoms with Crippen molar-refractivity contribution in [2.75, 3.05) is 43.0 Å². The monoisotopic (exact) mass is 431 g/mol. The van der Waals surface area contributed by atoms with E-state index in [1.54, 1.807) is 6.20 Å². The lowest BCUT2D eigenvalue weighted by Gasteiger charge is -2.37. The van der Waals surface area contributed by atoms with Crippen molar-refractivity contribution in [1.82, 2.24) is 24.8 Å². The Labute approximate surface area is 185 Å². The molecule has 1 amide bonds. The molecule has 3 aromatic heterocycles.